The SMILES string of the molecule is COCCC(N)C(=O)N1CCC(C(=O)O)c2ccccc21. The van der Waals surface area contributed by atoms with Gasteiger partial charge >= 0.3 is 5.97 Å². The van der Waals surface area contributed by atoms with Crippen molar-refractivity contribution in [2.45, 2.75) is 24.8 Å². The van der Waals surface area contributed by atoms with Crippen molar-refractivity contribution in [1.82, 2.24) is 0 Å². The number of nitrogens with zero attached hydrogens (tertiary/aromatic N) is 1. The standard InChI is InChI=1S/C15H20N2O4/c1-21-9-7-12(16)14(18)17-8-6-11(15(19)20)10-4-2-3-5-13(10)17/h2-5,11-12H,6-9,16H2,1H3,(H,19,20). The Morgan fingerprint density at radius 2 is 2.19 bits per heavy atom. The molecule has 0 saturated carbocycles. The second-order valence-electron chi connectivity index (χ2n) is 5.12. The number of rotatable bonds is 5. The van der Waals surface area contributed by atoms with Crippen molar-refractivity contribution >= 4 is 17.6 Å². The number of nitrogens with two attached hydrogens (primary N) is 1. The zero-order chi connectivity index (χ0) is 15.4. The van der Waals surface area contributed by atoms with Gasteiger partial charge in [-0.3, -0.25) is 9.59 Å². The summed E-state index contributed by atoms with van der Waals surface area (Å²) in [6, 6.07) is 6.47. The fourth-order valence-corrected chi connectivity index (χ4v) is 2.62. The van der Waals surface area contributed by atoms with E-state index in [0.717, 1.165) is 0 Å². The van der Waals surface area contributed by atoms with Crippen molar-refractivity contribution in [1.29, 1.82) is 0 Å². The number of aliphatic carboxylic acids is 1. The van der Waals surface area contributed by atoms with Gasteiger partial charge in [0.05, 0.1) is 12.0 Å². The summed E-state index contributed by atoms with van der Waals surface area (Å²) in [7, 11) is 1.56. The summed E-state index contributed by atoms with van der Waals surface area (Å²) in [6.07, 6.45) is 0.839. The molecule has 0 saturated heterocycles. The predicted octanol–water partition coefficient (Wildman–Crippen LogP) is 0.955. The molecule has 21 heavy (non-hydrogen) atoms. The quantitative estimate of drug-likeness (QED) is 0.843. The molecule has 2 atom stereocenters. The monoisotopic (exact) mass is 292 g/mol. The number of ether oxygens (including phenoxy) is 1. The van der Waals surface area contributed by atoms with Crippen molar-refractivity contribution in [2.75, 3.05) is 25.2 Å². The van der Waals surface area contributed by atoms with Crippen LogP contribution in [0.25, 0.3) is 0 Å². The van der Waals surface area contributed by atoms with E-state index in [9.17, 15) is 14.7 Å². The maximum absolute atomic E-state index is 12.4. The molecule has 1 aliphatic rings. The highest BCUT2D eigenvalue weighted by Gasteiger charge is 2.33. The van der Waals surface area contributed by atoms with Crippen LogP contribution in [0.3, 0.4) is 0 Å². The third-order valence-electron chi connectivity index (χ3n) is 3.76. The highest BCUT2D eigenvalue weighted by atomic mass is 16.5. The summed E-state index contributed by atoms with van der Waals surface area (Å²) >= 11 is 0. The van der Waals surface area contributed by atoms with Crippen molar-refractivity contribution in [3.8, 4) is 0 Å². The van der Waals surface area contributed by atoms with E-state index in [-0.39, 0.29) is 5.91 Å². The molecule has 1 aromatic rings. The van der Waals surface area contributed by atoms with Gasteiger partial charge in [0.25, 0.3) is 0 Å². The fourth-order valence-electron chi connectivity index (χ4n) is 2.62. The topological polar surface area (TPSA) is 92.9 Å². The Morgan fingerprint density at radius 3 is 2.86 bits per heavy atom. The molecule has 0 bridgehead atoms. The van der Waals surface area contributed by atoms with Gasteiger partial charge in [0.15, 0.2) is 0 Å². The number of carboxylic acids is 1. The number of carbonyl (C=O) groups is 2. The highest BCUT2D eigenvalue weighted by Crippen LogP contribution is 2.35. The molecule has 2 unspecified atom stereocenters. The van der Waals surface area contributed by atoms with E-state index in [1.54, 1.807) is 36.3 Å². The Bertz CT molecular complexity index is 532. The second kappa shape index (κ2) is 6.69. The molecule has 1 amide bonds. The first kappa shape index (κ1) is 15.5. The lowest BCUT2D eigenvalue weighted by molar-refractivity contribution is -0.139. The lowest BCUT2D eigenvalue weighted by Gasteiger charge is -2.34. The van der Waals surface area contributed by atoms with Crippen molar-refractivity contribution in [2.24, 2.45) is 5.73 Å². The van der Waals surface area contributed by atoms with Crippen LogP contribution < -0.4 is 10.6 Å². The molecule has 0 spiro atoms. The lowest BCUT2D eigenvalue weighted by Crippen LogP contribution is -2.47. The number of anilines is 1. The number of carboxylic acid groups (broad SMARTS) is 1. The van der Waals surface area contributed by atoms with Gasteiger partial charge in [-0.2, -0.15) is 0 Å². The minimum Gasteiger partial charge on any atom is -0.481 e. The summed E-state index contributed by atoms with van der Waals surface area (Å²) in [5.74, 6) is -1.62. The fraction of sp³-hybridized carbons (Fsp3) is 0.467. The summed E-state index contributed by atoms with van der Waals surface area (Å²) in [4.78, 5) is 25.4. The average molecular weight is 292 g/mol. The van der Waals surface area contributed by atoms with E-state index in [4.69, 9.17) is 10.5 Å². The molecule has 0 fully saturated rings. The number of benzene rings is 1. The molecule has 0 aromatic heterocycles. The van der Waals surface area contributed by atoms with Crippen LogP contribution in [-0.2, 0) is 14.3 Å². The molecule has 114 valence electrons. The third kappa shape index (κ3) is 3.22. The second-order valence-corrected chi connectivity index (χ2v) is 5.12. The van der Waals surface area contributed by atoms with Crippen LogP contribution in [0, 0.1) is 0 Å². The number of hydrogen-bond acceptors (Lipinski definition) is 4. The third-order valence-corrected chi connectivity index (χ3v) is 3.76. The molecule has 1 aliphatic heterocycles. The maximum Gasteiger partial charge on any atom is 0.311 e. The summed E-state index contributed by atoms with van der Waals surface area (Å²) in [5, 5.41) is 9.29. The normalized spacial score (nSPS) is 19.0. The molecule has 2 rings (SSSR count). The van der Waals surface area contributed by atoms with Crippen LogP contribution in [0.2, 0.25) is 0 Å². The van der Waals surface area contributed by atoms with Gasteiger partial charge in [-0.05, 0) is 24.5 Å². The molecule has 1 aromatic carbocycles. The van der Waals surface area contributed by atoms with E-state index >= 15 is 0 Å². The van der Waals surface area contributed by atoms with Crippen LogP contribution >= 0.6 is 0 Å². The first-order valence-electron chi connectivity index (χ1n) is 6.94. The summed E-state index contributed by atoms with van der Waals surface area (Å²) < 4.78 is 4.94. The molecule has 0 aliphatic carbocycles. The highest BCUT2D eigenvalue weighted by molar-refractivity contribution is 5.99. The number of para-hydroxylation sites is 1. The van der Waals surface area contributed by atoms with Gasteiger partial charge in [-0.25, -0.2) is 0 Å². The van der Waals surface area contributed by atoms with Gasteiger partial charge in [0.1, 0.15) is 0 Å². The summed E-state index contributed by atoms with van der Waals surface area (Å²) in [6.45, 7) is 0.785. The van der Waals surface area contributed by atoms with Crippen LogP contribution in [0.4, 0.5) is 5.69 Å². The molecule has 0 radical (unpaired) electrons. The van der Waals surface area contributed by atoms with Gasteiger partial charge < -0.3 is 20.5 Å². The predicted molar refractivity (Wildman–Crippen MR) is 78.3 cm³/mol. The van der Waals surface area contributed by atoms with Gasteiger partial charge in [0.2, 0.25) is 5.91 Å². The Balaban J connectivity index is 2.24. The minimum absolute atomic E-state index is 0.191. The number of carbonyl (C=O) groups excluding carboxylic acids is 1. The first-order valence-corrected chi connectivity index (χ1v) is 6.94. The van der Waals surface area contributed by atoms with E-state index in [1.807, 2.05) is 0 Å². The van der Waals surface area contributed by atoms with Crippen LogP contribution in [0.1, 0.15) is 24.3 Å². The molecule has 6 nitrogen and oxygen atoms in total. The number of methoxy groups -OCH3 is 1. The van der Waals surface area contributed by atoms with E-state index in [2.05, 4.69) is 0 Å². The Labute approximate surface area is 123 Å². The lowest BCUT2D eigenvalue weighted by atomic mass is 9.89. The zero-order valence-electron chi connectivity index (χ0n) is 12.0. The van der Waals surface area contributed by atoms with Gasteiger partial charge in [0, 0.05) is 25.9 Å². The van der Waals surface area contributed by atoms with E-state index in [0.29, 0.717) is 37.2 Å². The molecular formula is C15H20N2O4. The minimum atomic E-state index is -0.863. The smallest absolute Gasteiger partial charge is 0.311 e. The number of amides is 1. The largest absolute Gasteiger partial charge is 0.481 e. The molecule has 1 heterocycles. The Hall–Kier alpha value is -1.92. The van der Waals surface area contributed by atoms with Crippen LogP contribution in [-0.4, -0.2) is 43.3 Å². The van der Waals surface area contributed by atoms with Crippen molar-refractivity contribution in [3.63, 3.8) is 0 Å². The number of hydrogen-bond donors (Lipinski definition) is 2. The first-order chi connectivity index (χ1) is 10.1. The molecular weight excluding hydrogens is 272 g/mol. The Morgan fingerprint density at radius 1 is 1.48 bits per heavy atom. The van der Waals surface area contributed by atoms with E-state index in [1.165, 1.54) is 0 Å². The van der Waals surface area contributed by atoms with E-state index < -0.39 is 17.9 Å². The van der Waals surface area contributed by atoms with Crippen molar-refractivity contribution < 1.29 is 19.4 Å². The Kier molecular flexibility index (Phi) is 4.93. The average Bonchev–Trinajstić information content (AvgIpc) is 2.50. The molecule has 6 heteroatoms. The van der Waals surface area contributed by atoms with Crippen LogP contribution in [0.5, 0.6) is 0 Å². The van der Waals surface area contributed by atoms with Crippen LogP contribution in [0.15, 0.2) is 24.3 Å². The maximum atomic E-state index is 12.4. The molecule has 3 N–H and O–H groups in total. The van der Waals surface area contributed by atoms with Gasteiger partial charge in [-0.1, -0.05) is 18.2 Å². The zero-order valence-corrected chi connectivity index (χ0v) is 12.0. The number of fused-ring (bicyclic) bond motifs is 1. The van der Waals surface area contributed by atoms with Gasteiger partial charge in [-0.15, -0.1) is 0 Å². The van der Waals surface area contributed by atoms with Crippen molar-refractivity contribution in [3.05, 3.63) is 29.8 Å². The summed E-state index contributed by atoms with van der Waals surface area (Å²) in [5.41, 5.74) is 7.22.